The molecule has 2 fully saturated rings. The number of nitrogens with zero attached hydrogens (tertiary/aromatic N) is 5. The van der Waals surface area contributed by atoms with Crippen molar-refractivity contribution in [2.45, 2.75) is 44.7 Å². The van der Waals surface area contributed by atoms with Crippen LogP contribution in [-0.2, 0) is 4.79 Å². The van der Waals surface area contributed by atoms with Crippen LogP contribution in [0.15, 0.2) is 60.9 Å². The first-order valence-corrected chi connectivity index (χ1v) is 16.8. The zero-order valence-corrected chi connectivity index (χ0v) is 29.0. The average molecular weight is 697 g/mol. The Kier molecular flexibility index (Phi) is 12.3. The summed E-state index contributed by atoms with van der Waals surface area (Å²) in [5.74, 6) is 1.52. The minimum atomic E-state index is -0.295. The molecule has 2 aromatic heterocycles. The molecule has 268 valence electrons. The van der Waals surface area contributed by atoms with Gasteiger partial charge >= 0.3 is 0 Å². The van der Waals surface area contributed by atoms with Crippen LogP contribution in [0.4, 0.5) is 23.5 Å². The van der Waals surface area contributed by atoms with E-state index in [1.807, 2.05) is 0 Å². The fraction of sp³-hybridized carbons (Fsp3) is 0.361. The first-order chi connectivity index (χ1) is 24.7. The molecule has 0 bridgehead atoms. The number of likely N-dealkylation sites (tertiary alicyclic amines) is 1. The fourth-order valence-corrected chi connectivity index (χ4v) is 5.95. The molecule has 0 saturated carbocycles. The Labute approximate surface area is 296 Å². The van der Waals surface area contributed by atoms with Gasteiger partial charge in [-0.2, -0.15) is 9.97 Å². The number of nitrogens with one attached hydrogen (secondary N) is 3. The van der Waals surface area contributed by atoms with Crippen LogP contribution in [0.2, 0.25) is 0 Å². The van der Waals surface area contributed by atoms with E-state index in [9.17, 15) is 14.4 Å². The number of carbonyl (C=O) groups is 3. The molecule has 2 atom stereocenters. The number of ether oxygens (including phenoxy) is 2. The second kappa shape index (κ2) is 17.2. The van der Waals surface area contributed by atoms with Crippen molar-refractivity contribution in [3.05, 3.63) is 83.2 Å². The van der Waals surface area contributed by atoms with Crippen molar-refractivity contribution < 1.29 is 23.9 Å². The number of nitrogen functional groups attached to an aromatic ring is 2. The van der Waals surface area contributed by atoms with Gasteiger partial charge in [-0.25, -0.2) is 9.97 Å². The van der Waals surface area contributed by atoms with Crippen LogP contribution < -0.4 is 36.9 Å². The van der Waals surface area contributed by atoms with Crippen molar-refractivity contribution in [1.29, 1.82) is 0 Å². The lowest BCUT2D eigenvalue weighted by atomic mass is 10.0. The topological polar surface area (TPSA) is 213 Å². The summed E-state index contributed by atoms with van der Waals surface area (Å²) in [6, 6.07) is 14.3. The number of para-hydroxylation sites is 2. The molecule has 15 heteroatoms. The van der Waals surface area contributed by atoms with E-state index in [1.54, 1.807) is 60.4 Å². The highest BCUT2D eigenvalue weighted by Gasteiger charge is 2.24. The first-order valence-electron chi connectivity index (χ1n) is 16.8. The molecule has 15 nitrogen and oxygen atoms in total. The SMILES string of the molecule is COc1ccccc1C(=O)c1cnc(NC2CCCN(C(C)=O)C2)nc1N.COc1ccccc1C(=O)c1cnc(NC2CCCNC2)nc1N. The number of rotatable bonds is 10. The molecule has 51 heavy (non-hydrogen) atoms. The second-order valence-electron chi connectivity index (χ2n) is 12.2. The molecule has 2 unspecified atom stereocenters. The van der Waals surface area contributed by atoms with E-state index in [0.717, 1.165) is 45.3 Å². The first kappa shape index (κ1) is 36.5. The maximum atomic E-state index is 12.8. The van der Waals surface area contributed by atoms with E-state index in [-0.39, 0.29) is 52.3 Å². The molecule has 2 aliphatic rings. The summed E-state index contributed by atoms with van der Waals surface area (Å²) < 4.78 is 10.5. The lowest BCUT2D eigenvalue weighted by molar-refractivity contribution is -0.129. The average Bonchev–Trinajstić information content (AvgIpc) is 3.15. The van der Waals surface area contributed by atoms with Gasteiger partial charge < -0.3 is 41.8 Å². The molecule has 2 saturated heterocycles. The van der Waals surface area contributed by atoms with E-state index in [2.05, 4.69) is 35.9 Å². The van der Waals surface area contributed by atoms with Crippen LogP contribution in [0.5, 0.6) is 11.5 Å². The molecule has 0 aliphatic carbocycles. The molecular weight excluding hydrogens is 652 g/mol. The third kappa shape index (κ3) is 9.25. The number of anilines is 4. The molecule has 7 N–H and O–H groups in total. The standard InChI is InChI=1S/C19H23N5O3.C17H21N5O2/c1-12(25)24-9-5-6-13(11-24)22-19-21-10-15(18(20)23-19)17(26)14-7-3-4-8-16(14)27-2;1-24-14-7-3-2-6-12(14)15(23)13-10-20-17(22-16(13)18)21-11-5-4-8-19-9-11/h3-4,7-8,10,13H,5-6,9,11H2,1-2H3,(H3,20,21,22,23);2-3,6-7,10-11,19H,4-5,8-9H2,1H3,(H3,18,20,21,22). The van der Waals surface area contributed by atoms with Gasteiger partial charge in [0.15, 0.2) is 0 Å². The van der Waals surface area contributed by atoms with Gasteiger partial charge in [0, 0.05) is 51.0 Å². The lowest BCUT2D eigenvalue weighted by Crippen LogP contribution is -2.44. The summed E-state index contributed by atoms with van der Waals surface area (Å²) in [5.41, 5.74) is 13.3. The number of amides is 1. The Balaban J connectivity index is 0.000000199. The van der Waals surface area contributed by atoms with E-state index in [4.69, 9.17) is 20.9 Å². The maximum absolute atomic E-state index is 12.8. The molecule has 4 heterocycles. The predicted molar refractivity (Wildman–Crippen MR) is 194 cm³/mol. The fourth-order valence-electron chi connectivity index (χ4n) is 5.95. The number of piperidine rings is 2. The van der Waals surface area contributed by atoms with Crippen LogP contribution in [-0.4, -0.2) is 94.8 Å². The van der Waals surface area contributed by atoms with Crippen molar-refractivity contribution in [3.8, 4) is 11.5 Å². The van der Waals surface area contributed by atoms with E-state index >= 15 is 0 Å². The van der Waals surface area contributed by atoms with Crippen molar-refractivity contribution in [3.63, 3.8) is 0 Å². The monoisotopic (exact) mass is 696 g/mol. The van der Waals surface area contributed by atoms with Crippen LogP contribution in [0.25, 0.3) is 0 Å². The minimum absolute atomic E-state index is 0.0535. The Hall–Kier alpha value is -5.83. The van der Waals surface area contributed by atoms with Gasteiger partial charge in [0.25, 0.3) is 0 Å². The Morgan fingerprint density at radius 3 is 1.75 bits per heavy atom. The molecule has 2 aromatic carbocycles. The van der Waals surface area contributed by atoms with Crippen molar-refractivity contribution >= 4 is 41.0 Å². The quantitative estimate of drug-likeness (QED) is 0.151. The van der Waals surface area contributed by atoms with Gasteiger partial charge in [0.05, 0.1) is 36.5 Å². The van der Waals surface area contributed by atoms with Crippen LogP contribution in [0, 0.1) is 0 Å². The zero-order chi connectivity index (χ0) is 36.3. The van der Waals surface area contributed by atoms with E-state index in [1.165, 1.54) is 26.6 Å². The molecular formula is C36H44N10O5. The van der Waals surface area contributed by atoms with Gasteiger partial charge in [-0.1, -0.05) is 24.3 Å². The van der Waals surface area contributed by atoms with Crippen molar-refractivity contribution in [2.75, 3.05) is 62.5 Å². The summed E-state index contributed by atoms with van der Waals surface area (Å²) in [6.45, 7) is 4.83. The third-order valence-electron chi connectivity index (χ3n) is 8.66. The number of hydrogen-bond donors (Lipinski definition) is 5. The highest BCUT2D eigenvalue weighted by Crippen LogP contribution is 2.25. The van der Waals surface area contributed by atoms with Crippen molar-refractivity contribution in [2.24, 2.45) is 0 Å². The second-order valence-corrected chi connectivity index (χ2v) is 12.2. The Morgan fingerprint density at radius 1 is 0.765 bits per heavy atom. The summed E-state index contributed by atoms with van der Waals surface area (Å²) in [7, 11) is 3.03. The van der Waals surface area contributed by atoms with Gasteiger partial charge in [-0.05, 0) is 56.5 Å². The van der Waals surface area contributed by atoms with Gasteiger partial charge in [0.2, 0.25) is 29.4 Å². The van der Waals surface area contributed by atoms with Gasteiger partial charge in [-0.3, -0.25) is 14.4 Å². The molecule has 1 amide bonds. The largest absolute Gasteiger partial charge is 0.496 e. The number of hydrogen-bond acceptors (Lipinski definition) is 14. The summed E-state index contributed by atoms with van der Waals surface area (Å²) >= 11 is 0. The van der Waals surface area contributed by atoms with Gasteiger partial charge in [0.1, 0.15) is 23.1 Å². The molecule has 6 rings (SSSR count). The van der Waals surface area contributed by atoms with Crippen molar-refractivity contribution in [1.82, 2.24) is 30.2 Å². The number of nitrogens with two attached hydrogens (primary N) is 2. The zero-order valence-electron chi connectivity index (χ0n) is 29.0. The molecule has 4 aromatic rings. The number of aromatic nitrogens is 4. The molecule has 2 aliphatic heterocycles. The van der Waals surface area contributed by atoms with Gasteiger partial charge in [-0.15, -0.1) is 0 Å². The Morgan fingerprint density at radius 2 is 1.27 bits per heavy atom. The van der Waals surface area contributed by atoms with Crippen LogP contribution in [0.1, 0.15) is 64.4 Å². The van der Waals surface area contributed by atoms with Crippen LogP contribution >= 0.6 is 0 Å². The summed E-state index contributed by atoms with van der Waals surface area (Å²) in [4.78, 5) is 55.7. The normalized spacial score (nSPS) is 17.0. The predicted octanol–water partition coefficient (Wildman–Crippen LogP) is 3.18. The minimum Gasteiger partial charge on any atom is -0.496 e. The lowest BCUT2D eigenvalue weighted by Gasteiger charge is -2.32. The van der Waals surface area contributed by atoms with E-state index < -0.39 is 0 Å². The summed E-state index contributed by atoms with van der Waals surface area (Å²) in [5, 5.41) is 9.77. The number of methoxy groups -OCH3 is 2. The number of ketones is 2. The molecule has 0 radical (unpaired) electrons. The summed E-state index contributed by atoms with van der Waals surface area (Å²) in [6.07, 6.45) is 6.88. The Bertz CT molecular complexity index is 1850. The third-order valence-corrected chi connectivity index (χ3v) is 8.66. The maximum Gasteiger partial charge on any atom is 0.224 e. The highest BCUT2D eigenvalue weighted by atomic mass is 16.5. The van der Waals surface area contributed by atoms with E-state index in [0.29, 0.717) is 41.1 Å². The highest BCUT2D eigenvalue weighted by molar-refractivity contribution is 6.13. The van der Waals surface area contributed by atoms with Crippen LogP contribution in [0.3, 0.4) is 0 Å². The number of benzene rings is 2. The molecule has 0 spiro atoms. The smallest absolute Gasteiger partial charge is 0.224 e. The number of carbonyl (C=O) groups excluding carboxylic acids is 3.